The first-order valence-corrected chi connectivity index (χ1v) is 6.08. The van der Waals surface area contributed by atoms with Crippen LogP contribution >= 0.6 is 0 Å². The lowest BCUT2D eigenvalue weighted by Gasteiger charge is -2.38. The average Bonchev–Trinajstić information content (AvgIpc) is 2.41. The number of benzene rings is 1. The van der Waals surface area contributed by atoms with Gasteiger partial charge in [0.15, 0.2) is 0 Å². The Bertz CT molecular complexity index is 357. The van der Waals surface area contributed by atoms with Gasteiger partial charge in [0, 0.05) is 6.54 Å². The Labute approximate surface area is 106 Å². The maximum atomic E-state index is 9.89. The van der Waals surface area contributed by atoms with Gasteiger partial charge in [-0.1, -0.05) is 30.3 Å². The summed E-state index contributed by atoms with van der Waals surface area (Å²) >= 11 is 0. The molecule has 5 heteroatoms. The van der Waals surface area contributed by atoms with E-state index < -0.39 is 18.3 Å². The molecule has 0 aliphatic carbocycles. The highest BCUT2D eigenvalue weighted by Gasteiger charge is 2.37. The number of β-amino-alcohol motifs (C(OH)–C–C–N with tert-alkyl or cyclic N) is 1. The van der Waals surface area contributed by atoms with E-state index in [0.29, 0.717) is 6.61 Å². The molecule has 0 bridgehead atoms. The van der Waals surface area contributed by atoms with Gasteiger partial charge in [0.1, 0.15) is 12.2 Å². The van der Waals surface area contributed by atoms with Crippen molar-refractivity contribution in [1.82, 2.24) is 5.32 Å². The van der Waals surface area contributed by atoms with Gasteiger partial charge in [0.25, 0.3) is 0 Å². The lowest BCUT2D eigenvalue weighted by molar-refractivity contribution is -0.133. The summed E-state index contributed by atoms with van der Waals surface area (Å²) in [6.45, 7) is 0.467. The molecule has 1 saturated heterocycles. The fraction of sp³-hybridized carbons (Fsp3) is 0.538. The van der Waals surface area contributed by atoms with Gasteiger partial charge in [-0.25, -0.2) is 0 Å². The van der Waals surface area contributed by atoms with Gasteiger partial charge in [-0.3, -0.25) is 0 Å². The smallest absolute Gasteiger partial charge is 0.109 e. The molecular weight excluding hydrogens is 234 g/mol. The van der Waals surface area contributed by atoms with Crippen LogP contribution in [0.15, 0.2) is 30.3 Å². The van der Waals surface area contributed by atoms with Crippen LogP contribution in [0.4, 0.5) is 0 Å². The van der Waals surface area contributed by atoms with Crippen LogP contribution in [0.3, 0.4) is 0 Å². The summed E-state index contributed by atoms with van der Waals surface area (Å²) < 4.78 is 5.62. The molecule has 0 spiro atoms. The van der Waals surface area contributed by atoms with Crippen LogP contribution in [0.5, 0.6) is 0 Å². The van der Waals surface area contributed by atoms with E-state index in [0.717, 1.165) is 5.56 Å². The fourth-order valence-corrected chi connectivity index (χ4v) is 2.12. The fourth-order valence-electron chi connectivity index (χ4n) is 2.12. The molecule has 1 aliphatic rings. The molecule has 0 aromatic heterocycles. The number of hydrogen-bond donors (Lipinski definition) is 4. The number of aliphatic hydroxyl groups is 3. The molecule has 4 N–H and O–H groups in total. The molecule has 1 aromatic rings. The van der Waals surface area contributed by atoms with Crippen LogP contribution in [0.2, 0.25) is 0 Å². The standard InChI is InChI=1S/C13H19NO4/c15-7-10-13(12(17)11(16)6-14-10)18-8-9-4-2-1-3-5-9/h1-5,10-17H,6-8H2/t10-,11-,12+,13-/m1/s1. The van der Waals surface area contributed by atoms with Crippen molar-refractivity contribution in [3.05, 3.63) is 35.9 Å². The van der Waals surface area contributed by atoms with Crippen molar-refractivity contribution in [1.29, 1.82) is 0 Å². The van der Waals surface area contributed by atoms with Crippen LogP contribution in [0.25, 0.3) is 0 Å². The van der Waals surface area contributed by atoms with Crippen LogP contribution in [0, 0.1) is 0 Å². The number of ether oxygens (including phenoxy) is 1. The summed E-state index contributed by atoms with van der Waals surface area (Å²) in [5.41, 5.74) is 0.987. The van der Waals surface area contributed by atoms with Crippen molar-refractivity contribution >= 4 is 0 Å². The second-order valence-corrected chi connectivity index (χ2v) is 4.52. The van der Waals surface area contributed by atoms with E-state index >= 15 is 0 Å². The van der Waals surface area contributed by atoms with Gasteiger partial charge < -0.3 is 25.4 Å². The third-order valence-electron chi connectivity index (χ3n) is 3.20. The highest BCUT2D eigenvalue weighted by molar-refractivity contribution is 5.13. The molecule has 100 valence electrons. The van der Waals surface area contributed by atoms with Gasteiger partial charge in [-0.2, -0.15) is 0 Å². The Morgan fingerprint density at radius 1 is 1.22 bits per heavy atom. The first-order chi connectivity index (χ1) is 8.72. The molecule has 2 rings (SSSR count). The van der Waals surface area contributed by atoms with Crippen molar-refractivity contribution in [3.63, 3.8) is 0 Å². The number of piperidine rings is 1. The summed E-state index contributed by atoms with van der Waals surface area (Å²) in [4.78, 5) is 0. The molecule has 1 fully saturated rings. The van der Waals surface area contributed by atoms with Crippen molar-refractivity contribution in [2.45, 2.75) is 31.0 Å². The number of hydrogen-bond acceptors (Lipinski definition) is 5. The molecular formula is C13H19NO4. The molecule has 0 amide bonds. The van der Waals surface area contributed by atoms with E-state index in [1.54, 1.807) is 0 Å². The number of aliphatic hydroxyl groups excluding tert-OH is 3. The number of rotatable bonds is 4. The molecule has 0 radical (unpaired) electrons. The van der Waals surface area contributed by atoms with Crippen LogP contribution < -0.4 is 5.32 Å². The predicted molar refractivity (Wildman–Crippen MR) is 65.9 cm³/mol. The van der Waals surface area contributed by atoms with E-state index in [9.17, 15) is 15.3 Å². The average molecular weight is 253 g/mol. The molecule has 18 heavy (non-hydrogen) atoms. The monoisotopic (exact) mass is 253 g/mol. The first-order valence-electron chi connectivity index (χ1n) is 6.08. The Kier molecular flexibility index (Phi) is 4.68. The van der Waals surface area contributed by atoms with Crippen LogP contribution in [-0.2, 0) is 11.3 Å². The van der Waals surface area contributed by atoms with Crippen molar-refractivity contribution in [2.75, 3.05) is 13.2 Å². The Hall–Kier alpha value is -0.980. The normalized spacial score (nSPS) is 32.4. The third kappa shape index (κ3) is 3.07. The molecule has 4 atom stereocenters. The summed E-state index contributed by atoms with van der Waals surface area (Å²) in [5.74, 6) is 0. The van der Waals surface area contributed by atoms with Crippen LogP contribution in [0.1, 0.15) is 5.56 Å². The van der Waals surface area contributed by atoms with Gasteiger partial charge in [0.05, 0.1) is 25.4 Å². The maximum absolute atomic E-state index is 9.89. The van der Waals surface area contributed by atoms with Gasteiger partial charge in [-0.05, 0) is 5.56 Å². The zero-order valence-electron chi connectivity index (χ0n) is 10.1. The number of nitrogens with one attached hydrogen (secondary N) is 1. The van der Waals surface area contributed by atoms with E-state index in [1.165, 1.54) is 0 Å². The van der Waals surface area contributed by atoms with Crippen molar-refractivity contribution in [3.8, 4) is 0 Å². The Balaban J connectivity index is 1.96. The first kappa shape index (κ1) is 13.5. The van der Waals surface area contributed by atoms with E-state index in [2.05, 4.69) is 5.32 Å². The van der Waals surface area contributed by atoms with E-state index in [-0.39, 0.29) is 19.2 Å². The summed E-state index contributed by atoms with van der Waals surface area (Å²) in [5, 5.41) is 31.7. The second kappa shape index (κ2) is 6.26. The zero-order chi connectivity index (χ0) is 13.0. The van der Waals surface area contributed by atoms with Gasteiger partial charge in [0.2, 0.25) is 0 Å². The van der Waals surface area contributed by atoms with Gasteiger partial charge in [-0.15, -0.1) is 0 Å². The van der Waals surface area contributed by atoms with Gasteiger partial charge >= 0.3 is 0 Å². The molecule has 0 saturated carbocycles. The summed E-state index contributed by atoms with van der Waals surface area (Å²) in [7, 11) is 0. The largest absolute Gasteiger partial charge is 0.395 e. The minimum Gasteiger partial charge on any atom is -0.395 e. The molecule has 5 nitrogen and oxygen atoms in total. The molecule has 0 unspecified atom stereocenters. The SMILES string of the molecule is OC[C@H]1NC[C@@H](O)[C@H](O)[C@@H]1OCc1ccccc1. The summed E-state index contributed by atoms with van der Waals surface area (Å²) in [6.07, 6.45) is -2.46. The maximum Gasteiger partial charge on any atom is 0.109 e. The summed E-state index contributed by atoms with van der Waals surface area (Å²) in [6, 6.07) is 9.23. The van der Waals surface area contributed by atoms with Crippen molar-refractivity contribution < 1.29 is 20.1 Å². The highest BCUT2D eigenvalue weighted by Crippen LogP contribution is 2.16. The Morgan fingerprint density at radius 3 is 2.61 bits per heavy atom. The minimum absolute atomic E-state index is 0.136. The lowest BCUT2D eigenvalue weighted by Crippen LogP contribution is -2.61. The molecule has 1 aliphatic heterocycles. The predicted octanol–water partition coefficient (Wildman–Crippen LogP) is -0.742. The molecule has 1 aromatic carbocycles. The quantitative estimate of drug-likeness (QED) is 0.568. The molecule has 1 heterocycles. The zero-order valence-corrected chi connectivity index (χ0v) is 10.1. The lowest BCUT2D eigenvalue weighted by atomic mass is 9.96. The highest BCUT2D eigenvalue weighted by atomic mass is 16.5. The second-order valence-electron chi connectivity index (χ2n) is 4.52. The van der Waals surface area contributed by atoms with E-state index in [1.807, 2.05) is 30.3 Å². The minimum atomic E-state index is -0.980. The van der Waals surface area contributed by atoms with E-state index in [4.69, 9.17) is 4.74 Å². The van der Waals surface area contributed by atoms with Crippen molar-refractivity contribution in [2.24, 2.45) is 0 Å². The third-order valence-corrected chi connectivity index (χ3v) is 3.20. The van der Waals surface area contributed by atoms with Crippen LogP contribution in [-0.4, -0.2) is 52.8 Å². The topological polar surface area (TPSA) is 82.0 Å². The Morgan fingerprint density at radius 2 is 1.94 bits per heavy atom.